The van der Waals surface area contributed by atoms with Crippen LogP contribution in [-0.4, -0.2) is 28.9 Å². The highest BCUT2D eigenvalue weighted by Crippen LogP contribution is 2.19. The SMILES string of the molecule is NC(=S)C1CCN(C(=O)c2cccc(I)c2)CC1. The van der Waals surface area contributed by atoms with Crippen LogP contribution >= 0.6 is 34.8 Å². The number of likely N-dealkylation sites (tertiary alicyclic amines) is 1. The van der Waals surface area contributed by atoms with Crippen molar-refractivity contribution in [2.75, 3.05) is 13.1 Å². The van der Waals surface area contributed by atoms with Crippen LogP contribution < -0.4 is 5.73 Å². The van der Waals surface area contributed by atoms with Gasteiger partial charge in [0.15, 0.2) is 0 Å². The number of carbonyl (C=O) groups is 1. The van der Waals surface area contributed by atoms with Crippen LogP contribution in [0.1, 0.15) is 23.2 Å². The molecule has 0 unspecified atom stereocenters. The second-order valence-corrected chi connectivity index (χ2v) is 6.20. The zero-order valence-electron chi connectivity index (χ0n) is 9.93. The second-order valence-electron chi connectivity index (χ2n) is 4.48. The van der Waals surface area contributed by atoms with Gasteiger partial charge in [-0.25, -0.2) is 0 Å². The molecule has 1 saturated heterocycles. The number of piperidine rings is 1. The molecule has 1 aromatic rings. The third kappa shape index (κ3) is 3.20. The fourth-order valence-electron chi connectivity index (χ4n) is 2.17. The van der Waals surface area contributed by atoms with Crippen LogP contribution in [0.25, 0.3) is 0 Å². The van der Waals surface area contributed by atoms with E-state index in [-0.39, 0.29) is 5.91 Å². The van der Waals surface area contributed by atoms with Crippen LogP contribution in [0.4, 0.5) is 0 Å². The minimum Gasteiger partial charge on any atom is -0.393 e. The second kappa shape index (κ2) is 5.97. The van der Waals surface area contributed by atoms with E-state index in [0.29, 0.717) is 10.9 Å². The van der Waals surface area contributed by atoms with Gasteiger partial charge in [-0.1, -0.05) is 18.3 Å². The number of nitrogens with zero attached hydrogens (tertiary/aromatic N) is 1. The highest BCUT2D eigenvalue weighted by molar-refractivity contribution is 14.1. The van der Waals surface area contributed by atoms with Crippen molar-refractivity contribution in [1.82, 2.24) is 4.90 Å². The predicted molar refractivity (Wildman–Crippen MR) is 84.6 cm³/mol. The molecule has 18 heavy (non-hydrogen) atoms. The Kier molecular flexibility index (Phi) is 4.55. The largest absolute Gasteiger partial charge is 0.393 e. The molecule has 0 aliphatic carbocycles. The monoisotopic (exact) mass is 374 g/mol. The Morgan fingerprint density at radius 1 is 1.39 bits per heavy atom. The molecule has 96 valence electrons. The summed E-state index contributed by atoms with van der Waals surface area (Å²) in [5.74, 6) is 0.398. The standard InChI is InChI=1S/C13H15IN2OS/c14-11-3-1-2-10(8-11)13(17)16-6-4-9(5-7-16)12(15)18/h1-3,8-9H,4-7H2,(H2,15,18). The summed E-state index contributed by atoms with van der Waals surface area (Å²) in [6.45, 7) is 1.48. The van der Waals surface area contributed by atoms with Gasteiger partial charge >= 0.3 is 0 Å². The molecule has 1 aliphatic rings. The molecule has 0 atom stereocenters. The summed E-state index contributed by atoms with van der Waals surface area (Å²) in [6.07, 6.45) is 1.76. The fourth-order valence-corrected chi connectivity index (χ4v) is 2.95. The average Bonchev–Trinajstić information content (AvgIpc) is 2.38. The first-order chi connectivity index (χ1) is 8.58. The maximum absolute atomic E-state index is 12.3. The molecule has 3 nitrogen and oxygen atoms in total. The lowest BCUT2D eigenvalue weighted by Crippen LogP contribution is -2.41. The van der Waals surface area contributed by atoms with Crippen molar-refractivity contribution in [3.8, 4) is 0 Å². The zero-order chi connectivity index (χ0) is 13.1. The Balaban J connectivity index is 2.02. The lowest BCUT2D eigenvalue weighted by molar-refractivity contribution is 0.0710. The number of hydrogen-bond acceptors (Lipinski definition) is 2. The van der Waals surface area contributed by atoms with Gasteiger partial charge < -0.3 is 10.6 Å². The maximum Gasteiger partial charge on any atom is 0.253 e. The van der Waals surface area contributed by atoms with Crippen molar-refractivity contribution in [3.63, 3.8) is 0 Å². The van der Waals surface area contributed by atoms with Gasteiger partial charge in [0.25, 0.3) is 5.91 Å². The third-order valence-electron chi connectivity index (χ3n) is 3.26. The van der Waals surface area contributed by atoms with Crippen LogP contribution in [0.3, 0.4) is 0 Å². The van der Waals surface area contributed by atoms with Crippen molar-refractivity contribution in [2.45, 2.75) is 12.8 Å². The minimum absolute atomic E-state index is 0.106. The van der Waals surface area contributed by atoms with E-state index in [0.717, 1.165) is 35.1 Å². The summed E-state index contributed by atoms with van der Waals surface area (Å²) < 4.78 is 1.08. The number of thiocarbonyl (C=S) groups is 1. The molecule has 0 spiro atoms. The van der Waals surface area contributed by atoms with Gasteiger partial charge in [-0.05, 0) is 53.6 Å². The molecule has 1 aliphatic heterocycles. The molecule has 1 aromatic carbocycles. The molecule has 1 fully saturated rings. The third-order valence-corrected chi connectivity index (χ3v) is 4.26. The first-order valence-electron chi connectivity index (χ1n) is 5.92. The van der Waals surface area contributed by atoms with E-state index in [2.05, 4.69) is 22.6 Å². The van der Waals surface area contributed by atoms with Gasteiger partial charge in [-0.3, -0.25) is 4.79 Å². The number of rotatable bonds is 2. The minimum atomic E-state index is 0.106. The highest BCUT2D eigenvalue weighted by Gasteiger charge is 2.24. The number of amides is 1. The van der Waals surface area contributed by atoms with Crippen molar-refractivity contribution in [1.29, 1.82) is 0 Å². The summed E-state index contributed by atoms with van der Waals surface area (Å²) in [6, 6.07) is 7.68. The molecule has 1 amide bonds. The summed E-state index contributed by atoms with van der Waals surface area (Å²) in [5, 5.41) is 0. The van der Waals surface area contributed by atoms with Crippen molar-refractivity contribution < 1.29 is 4.79 Å². The van der Waals surface area contributed by atoms with Gasteiger partial charge in [0, 0.05) is 28.1 Å². The summed E-state index contributed by atoms with van der Waals surface area (Å²) >= 11 is 7.22. The van der Waals surface area contributed by atoms with Gasteiger partial charge in [0.1, 0.15) is 0 Å². The molecule has 2 N–H and O–H groups in total. The molecule has 2 rings (SSSR count). The van der Waals surface area contributed by atoms with E-state index in [1.54, 1.807) is 0 Å². The molecule has 1 heterocycles. The molecule has 5 heteroatoms. The average molecular weight is 374 g/mol. The molecule has 0 aromatic heterocycles. The Labute approximate surface area is 126 Å². The Hall–Kier alpha value is -0.690. The molecule has 0 radical (unpaired) electrons. The normalized spacial score (nSPS) is 16.6. The quantitative estimate of drug-likeness (QED) is 0.639. The lowest BCUT2D eigenvalue weighted by Gasteiger charge is -2.31. The van der Waals surface area contributed by atoms with Crippen LogP contribution in [0, 0.1) is 9.49 Å². The van der Waals surface area contributed by atoms with Crippen molar-refractivity contribution in [3.05, 3.63) is 33.4 Å². The van der Waals surface area contributed by atoms with Crippen molar-refractivity contribution in [2.24, 2.45) is 11.7 Å². The molecule has 0 saturated carbocycles. The van der Waals surface area contributed by atoms with E-state index in [1.165, 1.54) is 0 Å². The van der Waals surface area contributed by atoms with E-state index in [9.17, 15) is 4.79 Å². The number of benzene rings is 1. The first kappa shape index (κ1) is 13.7. The van der Waals surface area contributed by atoms with E-state index < -0.39 is 0 Å². The number of nitrogens with two attached hydrogens (primary N) is 1. The Morgan fingerprint density at radius 2 is 2.06 bits per heavy atom. The number of carbonyl (C=O) groups excluding carboxylic acids is 1. The molecular weight excluding hydrogens is 359 g/mol. The smallest absolute Gasteiger partial charge is 0.253 e. The number of halogens is 1. The topological polar surface area (TPSA) is 46.3 Å². The molecular formula is C13H15IN2OS. The van der Waals surface area contributed by atoms with E-state index in [4.69, 9.17) is 18.0 Å². The van der Waals surface area contributed by atoms with Gasteiger partial charge in [0.05, 0.1) is 4.99 Å². The zero-order valence-corrected chi connectivity index (χ0v) is 12.9. The van der Waals surface area contributed by atoms with Crippen LogP contribution in [-0.2, 0) is 0 Å². The van der Waals surface area contributed by atoms with Crippen molar-refractivity contribution >= 4 is 45.7 Å². The Bertz CT molecular complexity index is 470. The lowest BCUT2D eigenvalue weighted by atomic mass is 9.96. The molecule has 0 bridgehead atoms. The van der Waals surface area contributed by atoms with E-state index in [1.807, 2.05) is 29.2 Å². The maximum atomic E-state index is 12.3. The summed E-state index contributed by atoms with van der Waals surface area (Å²) in [5.41, 5.74) is 6.41. The van der Waals surface area contributed by atoms with Gasteiger partial charge in [0.2, 0.25) is 0 Å². The van der Waals surface area contributed by atoms with Crippen LogP contribution in [0.2, 0.25) is 0 Å². The van der Waals surface area contributed by atoms with Gasteiger partial charge in [-0.2, -0.15) is 0 Å². The Morgan fingerprint density at radius 3 is 2.61 bits per heavy atom. The summed E-state index contributed by atoms with van der Waals surface area (Å²) in [4.78, 5) is 14.8. The highest BCUT2D eigenvalue weighted by atomic mass is 127. The predicted octanol–water partition coefficient (Wildman–Crippen LogP) is 2.43. The van der Waals surface area contributed by atoms with Gasteiger partial charge in [-0.15, -0.1) is 0 Å². The first-order valence-corrected chi connectivity index (χ1v) is 7.41. The summed E-state index contributed by atoms with van der Waals surface area (Å²) in [7, 11) is 0. The number of hydrogen-bond donors (Lipinski definition) is 1. The van der Waals surface area contributed by atoms with Crippen LogP contribution in [0.5, 0.6) is 0 Å². The van der Waals surface area contributed by atoms with Crippen LogP contribution in [0.15, 0.2) is 24.3 Å². The fraction of sp³-hybridized carbons (Fsp3) is 0.385. The van der Waals surface area contributed by atoms with E-state index >= 15 is 0 Å².